The van der Waals surface area contributed by atoms with E-state index in [1.54, 1.807) is 0 Å². The molecule has 114 valence electrons. The predicted molar refractivity (Wildman–Crippen MR) is 76.5 cm³/mol. The molecule has 2 N–H and O–H groups in total. The van der Waals surface area contributed by atoms with Gasteiger partial charge in [0, 0.05) is 11.3 Å². The van der Waals surface area contributed by atoms with Gasteiger partial charge in [-0.3, -0.25) is 9.59 Å². The van der Waals surface area contributed by atoms with E-state index < -0.39 is 23.9 Å². The van der Waals surface area contributed by atoms with Gasteiger partial charge < -0.3 is 15.2 Å². The van der Waals surface area contributed by atoms with Crippen LogP contribution in [0.3, 0.4) is 0 Å². The van der Waals surface area contributed by atoms with E-state index in [2.05, 4.69) is 10.1 Å². The second kappa shape index (κ2) is 6.71. The van der Waals surface area contributed by atoms with Crippen molar-refractivity contribution in [2.45, 2.75) is 38.1 Å². The van der Waals surface area contributed by atoms with Gasteiger partial charge in [0.1, 0.15) is 6.04 Å². The van der Waals surface area contributed by atoms with E-state index in [0.29, 0.717) is 4.88 Å². The number of ether oxygens (including phenoxy) is 1. The molecule has 0 aromatic carbocycles. The molecule has 0 saturated heterocycles. The average Bonchev–Trinajstić information content (AvgIpc) is 3.03. The summed E-state index contributed by atoms with van der Waals surface area (Å²) < 4.78 is 4.47. The zero-order chi connectivity index (χ0) is 15.4. The molecule has 1 aromatic rings. The first-order valence-corrected chi connectivity index (χ1v) is 7.55. The fourth-order valence-electron chi connectivity index (χ4n) is 2.29. The van der Waals surface area contributed by atoms with Crippen LogP contribution >= 0.6 is 11.3 Å². The van der Waals surface area contributed by atoms with Gasteiger partial charge in [-0.25, -0.2) is 4.79 Å². The number of amides is 1. The normalized spacial score (nSPS) is 14.3. The maximum Gasteiger partial charge on any atom is 0.326 e. The molecule has 6 nitrogen and oxygen atoms in total. The van der Waals surface area contributed by atoms with Crippen LogP contribution in [0.2, 0.25) is 0 Å². The highest BCUT2D eigenvalue weighted by atomic mass is 32.1. The van der Waals surface area contributed by atoms with Gasteiger partial charge in [0.15, 0.2) is 0 Å². The van der Waals surface area contributed by atoms with Gasteiger partial charge in [0.05, 0.1) is 12.0 Å². The molecule has 0 bridgehead atoms. The third kappa shape index (κ3) is 3.81. The average molecular weight is 311 g/mol. The molecule has 1 aliphatic rings. The number of thiophene rings is 1. The number of hydrogen-bond acceptors (Lipinski definition) is 5. The van der Waals surface area contributed by atoms with Crippen LogP contribution < -0.4 is 5.32 Å². The Balaban J connectivity index is 1.97. The molecule has 0 saturated carbocycles. The number of rotatable bonds is 6. The number of methoxy groups -OCH3 is 1. The summed E-state index contributed by atoms with van der Waals surface area (Å²) in [6.07, 6.45) is 3.04. The van der Waals surface area contributed by atoms with Crippen molar-refractivity contribution in [3.8, 4) is 0 Å². The van der Waals surface area contributed by atoms with Crippen LogP contribution in [0.1, 0.15) is 39.4 Å². The van der Waals surface area contributed by atoms with E-state index in [-0.39, 0.29) is 12.8 Å². The maximum atomic E-state index is 12.1. The van der Waals surface area contributed by atoms with Crippen molar-refractivity contribution in [1.29, 1.82) is 0 Å². The van der Waals surface area contributed by atoms with Crippen LogP contribution in [0, 0.1) is 0 Å². The highest BCUT2D eigenvalue weighted by Gasteiger charge is 2.24. The van der Waals surface area contributed by atoms with Crippen molar-refractivity contribution in [3.05, 3.63) is 21.4 Å². The fourth-order valence-corrected chi connectivity index (χ4v) is 3.45. The van der Waals surface area contributed by atoms with Crippen molar-refractivity contribution < 1.29 is 24.2 Å². The van der Waals surface area contributed by atoms with Crippen molar-refractivity contribution >= 4 is 29.2 Å². The second-order valence-electron chi connectivity index (χ2n) is 4.89. The third-order valence-corrected chi connectivity index (χ3v) is 4.67. The first-order chi connectivity index (χ1) is 10.0. The van der Waals surface area contributed by atoms with Gasteiger partial charge in [-0.05, 0) is 37.3 Å². The van der Waals surface area contributed by atoms with E-state index in [1.165, 1.54) is 28.9 Å². The van der Waals surface area contributed by atoms with Gasteiger partial charge in [-0.2, -0.15) is 0 Å². The Kier molecular flexibility index (Phi) is 4.95. The molecular formula is C14H17NO5S. The highest BCUT2D eigenvalue weighted by Crippen LogP contribution is 2.30. The van der Waals surface area contributed by atoms with E-state index in [9.17, 15) is 14.4 Å². The predicted octanol–water partition coefficient (Wildman–Crippen LogP) is 1.37. The van der Waals surface area contributed by atoms with E-state index in [4.69, 9.17) is 5.11 Å². The zero-order valence-electron chi connectivity index (χ0n) is 11.7. The number of carboxylic acid groups (broad SMARTS) is 1. The smallest absolute Gasteiger partial charge is 0.326 e. The largest absolute Gasteiger partial charge is 0.480 e. The lowest BCUT2D eigenvalue weighted by molar-refractivity contribution is -0.142. The molecule has 1 amide bonds. The lowest BCUT2D eigenvalue weighted by Gasteiger charge is -2.13. The Morgan fingerprint density at radius 3 is 2.81 bits per heavy atom. The van der Waals surface area contributed by atoms with Crippen molar-refractivity contribution in [2.75, 3.05) is 7.11 Å². The van der Waals surface area contributed by atoms with E-state index in [0.717, 1.165) is 19.3 Å². The van der Waals surface area contributed by atoms with E-state index >= 15 is 0 Å². The topological polar surface area (TPSA) is 92.7 Å². The molecule has 1 aliphatic carbocycles. The Labute approximate surface area is 126 Å². The van der Waals surface area contributed by atoms with Gasteiger partial charge in [0.25, 0.3) is 5.91 Å². The summed E-state index contributed by atoms with van der Waals surface area (Å²) in [4.78, 5) is 36.0. The molecule has 0 aliphatic heterocycles. The summed E-state index contributed by atoms with van der Waals surface area (Å²) in [6.45, 7) is 0. The molecule has 21 heavy (non-hydrogen) atoms. The molecular weight excluding hydrogens is 294 g/mol. The van der Waals surface area contributed by atoms with Crippen LogP contribution in [0.4, 0.5) is 0 Å². The standard InChI is InChI=1S/C14H17NO5S/c1-20-12(16)6-5-9(14(18)19)15-13(17)11-7-8-3-2-4-10(8)21-11/h7,9H,2-6H2,1H3,(H,15,17)(H,18,19). The molecule has 1 heterocycles. The third-order valence-electron chi connectivity index (χ3n) is 3.44. The van der Waals surface area contributed by atoms with Gasteiger partial charge in [-0.1, -0.05) is 0 Å². The zero-order valence-corrected chi connectivity index (χ0v) is 12.5. The minimum absolute atomic E-state index is 0.0127. The Bertz CT molecular complexity index is 544. The molecule has 0 fully saturated rings. The summed E-state index contributed by atoms with van der Waals surface area (Å²) in [5.41, 5.74) is 1.19. The summed E-state index contributed by atoms with van der Waals surface area (Å²) in [5, 5.41) is 11.6. The first-order valence-electron chi connectivity index (χ1n) is 6.73. The summed E-state index contributed by atoms with van der Waals surface area (Å²) >= 11 is 1.42. The lowest BCUT2D eigenvalue weighted by Crippen LogP contribution is -2.40. The Hall–Kier alpha value is -1.89. The Morgan fingerprint density at radius 1 is 1.43 bits per heavy atom. The van der Waals surface area contributed by atoms with Crippen LogP contribution in [-0.2, 0) is 27.2 Å². The Morgan fingerprint density at radius 2 is 2.19 bits per heavy atom. The molecule has 2 rings (SSSR count). The first kappa shape index (κ1) is 15.5. The highest BCUT2D eigenvalue weighted by molar-refractivity contribution is 7.14. The number of esters is 1. The quantitative estimate of drug-likeness (QED) is 0.774. The number of fused-ring (bicyclic) bond motifs is 1. The molecule has 1 unspecified atom stereocenters. The van der Waals surface area contributed by atoms with Crippen LogP contribution in [-0.4, -0.2) is 36.1 Å². The minimum Gasteiger partial charge on any atom is -0.480 e. The minimum atomic E-state index is -1.16. The number of nitrogens with one attached hydrogen (secondary N) is 1. The SMILES string of the molecule is COC(=O)CCC(NC(=O)c1cc2c(s1)CCC2)C(=O)O. The van der Waals surface area contributed by atoms with E-state index in [1.807, 2.05) is 6.07 Å². The second-order valence-corrected chi connectivity index (χ2v) is 6.03. The number of aryl methyl sites for hydroxylation is 2. The number of carbonyl (C=O) groups is 3. The summed E-state index contributed by atoms with van der Waals surface area (Å²) in [7, 11) is 1.24. The van der Waals surface area contributed by atoms with Gasteiger partial charge >= 0.3 is 11.9 Å². The molecule has 7 heteroatoms. The number of carboxylic acids is 1. The molecule has 0 radical (unpaired) electrons. The fraction of sp³-hybridized carbons (Fsp3) is 0.500. The number of carbonyl (C=O) groups excluding carboxylic acids is 2. The monoisotopic (exact) mass is 311 g/mol. The van der Waals surface area contributed by atoms with Crippen LogP contribution in [0.5, 0.6) is 0 Å². The van der Waals surface area contributed by atoms with Crippen LogP contribution in [0.25, 0.3) is 0 Å². The van der Waals surface area contributed by atoms with Crippen molar-refractivity contribution in [2.24, 2.45) is 0 Å². The molecule has 1 aromatic heterocycles. The van der Waals surface area contributed by atoms with Gasteiger partial charge in [0.2, 0.25) is 0 Å². The maximum absolute atomic E-state index is 12.1. The number of aliphatic carboxylic acids is 1. The number of hydrogen-bond donors (Lipinski definition) is 2. The summed E-state index contributed by atoms with van der Waals surface area (Å²) in [5.74, 6) is -2.05. The van der Waals surface area contributed by atoms with Crippen LogP contribution in [0.15, 0.2) is 6.07 Å². The van der Waals surface area contributed by atoms with Crippen molar-refractivity contribution in [3.63, 3.8) is 0 Å². The molecule has 0 spiro atoms. The van der Waals surface area contributed by atoms with Crippen molar-refractivity contribution in [1.82, 2.24) is 5.32 Å². The summed E-state index contributed by atoms with van der Waals surface area (Å²) in [6, 6.07) is 0.746. The van der Waals surface area contributed by atoms with Gasteiger partial charge in [-0.15, -0.1) is 11.3 Å². The molecule has 1 atom stereocenters. The lowest BCUT2D eigenvalue weighted by atomic mass is 10.1.